The normalized spacial score (nSPS) is 10.5. The molecule has 3 rings (SSSR count). The Labute approximate surface area is 167 Å². The van der Waals surface area contributed by atoms with Gasteiger partial charge < -0.3 is 9.30 Å². The van der Waals surface area contributed by atoms with Crippen molar-refractivity contribution in [2.45, 2.75) is 6.54 Å². The highest BCUT2D eigenvalue weighted by atomic mass is 16.5. The molecule has 29 heavy (non-hydrogen) atoms. The standard InChI is InChI=1S/C22H19N3O4/c26-20(23-24-21(27)16-25-14-5-4-11-22(25)28)13-12-17-7-6-10-19(15-17)29-18-8-2-1-3-9-18/h1-15H,16H2,(H,23,26)(H,24,27)/b13-12+. The van der Waals surface area contributed by atoms with Crippen LogP contribution < -0.4 is 21.1 Å². The number of carbonyl (C=O) groups is 2. The summed E-state index contributed by atoms with van der Waals surface area (Å²) in [7, 11) is 0. The molecule has 2 aromatic carbocycles. The molecule has 0 unspecified atom stereocenters. The van der Waals surface area contributed by atoms with Crippen molar-refractivity contribution in [2.24, 2.45) is 0 Å². The molecule has 0 saturated heterocycles. The van der Waals surface area contributed by atoms with Gasteiger partial charge in [0.2, 0.25) is 0 Å². The molecule has 0 aliphatic carbocycles. The second-order valence-corrected chi connectivity index (χ2v) is 6.03. The average Bonchev–Trinajstić information content (AvgIpc) is 2.73. The number of benzene rings is 2. The molecular formula is C22H19N3O4. The fourth-order valence-corrected chi connectivity index (χ4v) is 2.44. The lowest BCUT2D eigenvalue weighted by molar-refractivity contribution is -0.127. The lowest BCUT2D eigenvalue weighted by atomic mass is 10.2. The van der Waals surface area contributed by atoms with E-state index in [4.69, 9.17) is 4.74 Å². The minimum atomic E-state index is -0.515. The number of carbonyl (C=O) groups excluding carboxylic acids is 2. The van der Waals surface area contributed by atoms with Crippen molar-refractivity contribution in [3.8, 4) is 11.5 Å². The number of rotatable bonds is 6. The molecule has 7 nitrogen and oxygen atoms in total. The largest absolute Gasteiger partial charge is 0.457 e. The summed E-state index contributed by atoms with van der Waals surface area (Å²) in [5.41, 5.74) is 5.00. The van der Waals surface area contributed by atoms with Crippen LogP contribution in [-0.2, 0) is 16.1 Å². The Morgan fingerprint density at radius 2 is 1.66 bits per heavy atom. The summed E-state index contributed by atoms with van der Waals surface area (Å²) in [5.74, 6) is 0.332. The molecular weight excluding hydrogens is 370 g/mol. The van der Waals surface area contributed by atoms with Crippen molar-refractivity contribution in [1.29, 1.82) is 0 Å². The predicted molar refractivity (Wildman–Crippen MR) is 109 cm³/mol. The highest BCUT2D eigenvalue weighted by Crippen LogP contribution is 2.22. The summed E-state index contributed by atoms with van der Waals surface area (Å²) in [6.45, 7) is -0.192. The van der Waals surface area contributed by atoms with Gasteiger partial charge in [0.25, 0.3) is 17.4 Å². The molecule has 2 N–H and O–H groups in total. The molecule has 0 fully saturated rings. The number of aromatic nitrogens is 1. The first-order valence-electron chi connectivity index (χ1n) is 8.85. The number of pyridine rings is 1. The van der Waals surface area contributed by atoms with Crippen LogP contribution in [0.1, 0.15) is 5.56 Å². The average molecular weight is 389 g/mol. The van der Waals surface area contributed by atoms with Gasteiger partial charge in [-0.1, -0.05) is 36.4 Å². The van der Waals surface area contributed by atoms with Gasteiger partial charge in [-0.25, -0.2) is 0 Å². The van der Waals surface area contributed by atoms with Gasteiger partial charge in [0.05, 0.1) is 0 Å². The van der Waals surface area contributed by atoms with Gasteiger partial charge in [-0.15, -0.1) is 0 Å². The number of para-hydroxylation sites is 1. The summed E-state index contributed by atoms with van der Waals surface area (Å²) in [6, 6.07) is 21.2. The molecule has 0 aliphatic heterocycles. The maximum Gasteiger partial charge on any atom is 0.262 e. The van der Waals surface area contributed by atoms with Crippen LogP contribution in [0.4, 0.5) is 0 Å². The summed E-state index contributed by atoms with van der Waals surface area (Å²) < 4.78 is 6.98. The highest BCUT2D eigenvalue weighted by Gasteiger charge is 2.04. The van der Waals surface area contributed by atoms with Gasteiger partial charge in [-0.05, 0) is 42.0 Å². The van der Waals surface area contributed by atoms with Crippen LogP contribution in [0.25, 0.3) is 6.08 Å². The van der Waals surface area contributed by atoms with Gasteiger partial charge >= 0.3 is 0 Å². The van der Waals surface area contributed by atoms with E-state index in [2.05, 4.69) is 10.9 Å². The summed E-state index contributed by atoms with van der Waals surface area (Å²) in [4.78, 5) is 35.3. The van der Waals surface area contributed by atoms with Crippen LogP contribution >= 0.6 is 0 Å². The van der Waals surface area contributed by atoms with Crippen LogP contribution in [0, 0.1) is 0 Å². The zero-order valence-electron chi connectivity index (χ0n) is 15.4. The third kappa shape index (κ3) is 6.21. The van der Waals surface area contributed by atoms with Crippen LogP contribution in [0.15, 0.2) is 89.9 Å². The fraction of sp³-hybridized carbons (Fsp3) is 0.0455. The van der Waals surface area contributed by atoms with Crippen molar-refractivity contribution in [3.05, 3.63) is 101 Å². The second kappa shape index (κ2) is 9.70. The first-order chi connectivity index (χ1) is 14.1. The van der Waals surface area contributed by atoms with Crippen molar-refractivity contribution in [2.75, 3.05) is 0 Å². The Morgan fingerprint density at radius 1 is 0.897 bits per heavy atom. The summed E-state index contributed by atoms with van der Waals surface area (Å²) in [5, 5.41) is 0. The number of amides is 2. The lowest BCUT2D eigenvalue weighted by Gasteiger charge is -2.07. The van der Waals surface area contributed by atoms with E-state index in [9.17, 15) is 14.4 Å². The quantitative estimate of drug-likeness (QED) is 0.501. The molecule has 0 radical (unpaired) electrons. The first-order valence-corrected chi connectivity index (χ1v) is 8.85. The van der Waals surface area contributed by atoms with E-state index in [0.29, 0.717) is 11.5 Å². The zero-order valence-corrected chi connectivity index (χ0v) is 15.4. The fourth-order valence-electron chi connectivity index (χ4n) is 2.44. The topological polar surface area (TPSA) is 89.4 Å². The first kappa shape index (κ1) is 19.6. The number of hydrogen-bond donors (Lipinski definition) is 2. The van der Waals surface area contributed by atoms with E-state index in [-0.39, 0.29) is 12.1 Å². The highest BCUT2D eigenvalue weighted by molar-refractivity contribution is 5.93. The van der Waals surface area contributed by atoms with Crippen LogP contribution in [0.2, 0.25) is 0 Å². The van der Waals surface area contributed by atoms with Crippen LogP contribution in [0.3, 0.4) is 0 Å². The second-order valence-electron chi connectivity index (χ2n) is 6.03. The number of ether oxygens (including phenoxy) is 1. The molecule has 146 valence electrons. The molecule has 1 aromatic heterocycles. The van der Waals surface area contributed by atoms with Gasteiger partial charge in [0.15, 0.2) is 0 Å². The van der Waals surface area contributed by atoms with E-state index in [1.807, 2.05) is 48.5 Å². The number of hydrogen-bond acceptors (Lipinski definition) is 4. The smallest absolute Gasteiger partial charge is 0.262 e. The Morgan fingerprint density at radius 3 is 2.45 bits per heavy atom. The lowest BCUT2D eigenvalue weighted by Crippen LogP contribution is -2.43. The molecule has 1 heterocycles. The number of nitrogens with zero attached hydrogens (tertiary/aromatic N) is 1. The Kier molecular flexibility index (Phi) is 6.57. The molecule has 3 aromatic rings. The zero-order chi connectivity index (χ0) is 20.5. The van der Waals surface area contributed by atoms with Gasteiger partial charge in [0, 0.05) is 18.3 Å². The Balaban J connectivity index is 1.51. The molecule has 0 spiro atoms. The SMILES string of the molecule is O=C(/C=C/c1cccc(Oc2ccccc2)c1)NNC(=O)Cn1ccccc1=O. The Bertz CT molecular complexity index is 1070. The van der Waals surface area contributed by atoms with Gasteiger partial charge in [-0.2, -0.15) is 0 Å². The minimum absolute atomic E-state index is 0.192. The van der Waals surface area contributed by atoms with Crippen LogP contribution in [-0.4, -0.2) is 16.4 Å². The van der Waals surface area contributed by atoms with Crippen molar-refractivity contribution < 1.29 is 14.3 Å². The van der Waals surface area contributed by atoms with E-state index in [0.717, 1.165) is 5.56 Å². The van der Waals surface area contributed by atoms with E-state index >= 15 is 0 Å². The van der Waals surface area contributed by atoms with E-state index < -0.39 is 11.8 Å². The number of hydrazine groups is 1. The third-order valence-corrected chi connectivity index (χ3v) is 3.80. The van der Waals surface area contributed by atoms with Crippen molar-refractivity contribution in [1.82, 2.24) is 15.4 Å². The Hall–Kier alpha value is -4.13. The maximum atomic E-state index is 11.9. The molecule has 0 aliphatic rings. The van der Waals surface area contributed by atoms with Crippen molar-refractivity contribution in [3.63, 3.8) is 0 Å². The minimum Gasteiger partial charge on any atom is -0.457 e. The summed E-state index contributed by atoms with van der Waals surface area (Å²) >= 11 is 0. The van der Waals surface area contributed by atoms with Crippen molar-refractivity contribution >= 4 is 17.9 Å². The summed E-state index contributed by atoms with van der Waals surface area (Å²) in [6.07, 6.45) is 4.38. The molecule has 0 bridgehead atoms. The molecule has 7 heteroatoms. The predicted octanol–water partition coefficient (Wildman–Crippen LogP) is 2.50. The molecule has 0 saturated carbocycles. The van der Waals surface area contributed by atoms with E-state index in [1.165, 1.54) is 22.9 Å². The van der Waals surface area contributed by atoms with Gasteiger partial charge in [-0.3, -0.25) is 25.2 Å². The van der Waals surface area contributed by atoms with E-state index in [1.54, 1.807) is 24.3 Å². The molecule has 2 amide bonds. The monoisotopic (exact) mass is 389 g/mol. The third-order valence-electron chi connectivity index (χ3n) is 3.80. The maximum absolute atomic E-state index is 11.9. The van der Waals surface area contributed by atoms with Crippen LogP contribution in [0.5, 0.6) is 11.5 Å². The number of nitrogens with one attached hydrogen (secondary N) is 2. The molecule has 0 atom stereocenters. The van der Waals surface area contributed by atoms with Gasteiger partial charge in [0.1, 0.15) is 18.0 Å².